The van der Waals surface area contributed by atoms with E-state index in [0.29, 0.717) is 19.7 Å². The third-order valence-electron chi connectivity index (χ3n) is 4.67. The van der Waals surface area contributed by atoms with E-state index < -0.39 is 0 Å². The van der Waals surface area contributed by atoms with Gasteiger partial charge in [-0.15, -0.1) is 0 Å². The van der Waals surface area contributed by atoms with Crippen molar-refractivity contribution in [3.8, 4) is 5.75 Å². The van der Waals surface area contributed by atoms with Crippen LogP contribution < -0.4 is 14.5 Å². The van der Waals surface area contributed by atoms with Crippen LogP contribution in [0.4, 0.5) is 11.4 Å². The molecule has 0 saturated carbocycles. The van der Waals surface area contributed by atoms with Crippen molar-refractivity contribution >= 4 is 23.7 Å². The van der Waals surface area contributed by atoms with Gasteiger partial charge in [0.1, 0.15) is 12.4 Å². The lowest BCUT2D eigenvalue weighted by atomic mass is 10.1. The molecule has 0 radical (unpaired) electrons. The summed E-state index contributed by atoms with van der Waals surface area (Å²) in [5, 5.41) is 0. The first-order chi connectivity index (χ1) is 12.5. The lowest BCUT2D eigenvalue weighted by molar-refractivity contribution is -0.121. The molecule has 1 heterocycles. The summed E-state index contributed by atoms with van der Waals surface area (Å²) in [6.45, 7) is 7.11. The second-order valence-electron chi connectivity index (χ2n) is 6.75. The zero-order valence-electron chi connectivity index (χ0n) is 15.4. The van der Waals surface area contributed by atoms with Gasteiger partial charge in [-0.2, -0.15) is 0 Å². The van der Waals surface area contributed by atoms with Gasteiger partial charge in [0.15, 0.2) is 0 Å². The molecule has 0 spiro atoms. The summed E-state index contributed by atoms with van der Waals surface area (Å²) in [5.74, 6) is 0.563. The fourth-order valence-electron chi connectivity index (χ4n) is 3.33. The van der Waals surface area contributed by atoms with E-state index in [1.165, 1.54) is 5.56 Å². The first-order valence-electron chi connectivity index (χ1n) is 8.83. The summed E-state index contributed by atoms with van der Waals surface area (Å²) in [6, 6.07) is 13.5. The highest BCUT2D eigenvalue weighted by molar-refractivity contribution is 6.02. The van der Waals surface area contributed by atoms with Crippen LogP contribution >= 0.6 is 0 Å². The second kappa shape index (κ2) is 7.60. The van der Waals surface area contributed by atoms with E-state index in [1.54, 1.807) is 9.80 Å². The number of carbonyl (C=O) groups excluding carboxylic acids is 2. The van der Waals surface area contributed by atoms with Gasteiger partial charge in [-0.05, 0) is 37.6 Å². The molecule has 1 aliphatic rings. The summed E-state index contributed by atoms with van der Waals surface area (Å²) in [6.07, 6.45) is 0.790. The third-order valence-corrected chi connectivity index (χ3v) is 4.67. The summed E-state index contributed by atoms with van der Waals surface area (Å²) in [7, 11) is 0. The molecule has 0 aromatic heterocycles. The van der Waals surface area contributed by atoms with Gasteiger partial charge in [0.2, 0.25) is 12.3 Å². The Balaban J connectivity index is 1.80. The Morgan fingerprint density at radius 1 is 1.15 bits per heavy atom. The van der Waals surface area contributed by atoms with E-state index in [-0.39, 0.29) is 11.8 Å². The number of ether oxygens (including phenoxy) is 1. The maximum absolute atomic E-state index is 12.9. The van der Waals surface area contributed by atoms with Crippen LogP contribution in [-0.2, 0) is 9.59 Å². The van der Waals surface area contributed by atoms with E-state index in [4.69, 9.17) is 4.74 Å². The van der Waals surface area contributed by atoms with Crippen molar-refractivity contribution in [2.45, 2.75) is 20.8 Å². The van der Waals surface area contributed by atoms with Gasteiger partial charge in [-0.3, -0.25) is 9.59 Å². The van der Waals surface area contributed by atoms with Crippen molar-refractivity contribution in [2.24, 2.45) is 5.92 Å². The minimum atomic E-state index is -0.270. The lowest BCUT2D eigenvalue weighted by Crippen LogP contribution is -2.38. The Morgan fingerprint density at radius 3 is 2.58 bits per heavy atom. The molecular weight excluding hydrogens is 328 g/mol. The summed E-state index contributed by atoms with van der Waals surface area (Å²) >= 11 is 0. The molecule has 5 heteroatoms. The second-order valence-corrected chi connectivity index (χ2v) is 6.75. The molecule has 26 heavy (non-hydrogen) atoms. The number of para-hydroxylation sites is 2. The third kappa shape index (κ3) is 3.57. The molecule has 2 aromatic rings. The molecule has 0 aliphatic carbocycles. The summed E-state index contributed by atoms with van der Waals surface area (Å²) < 4.78 is 5.91. The molecular formula is C21H24N2O3. The topological polar surface area (TPSA) is 49.9 Å². The number of rotatable bonds is 5. The minimum Gasteiger partial charge on any atom is -0.491 e. The van der Waals surface area contributed by atoms with Gasteiger partial charge in [0.05, 0.1) is 23.8 Å². The van der Waals surface area contributed by atoms with Crippen LogP contribution in [-0.4, -0.2) is 32.0 Å². The van der Waals surface area contributed by atoms with Crippen LogP contribution in [0.2, 0.25) is 0 Å². The average Bonchev–Trinajstić information content (AvgIpc) is 2.73. The van der Waals surface area contributed by atoms with Gasteiger partial charge in [0, 0.05) is 6.54 Å². The highest BCUT2D eigenvalue weighted by Gasteiger charge is 2.30. The largest absolute Gasteiger partial charge is 0.491 e. The number of nitrogens with zero attached hydrogens (tertiary/aromatic N) is 2. The lowest BCUT2D eigenvalue weighted by Gasteiger charge is -2.24. The Hall–Kier alpha value is -2.82. The van der Waals surface area contributed by atoms with Crippen molar-refractivity contribution in [3.05, 3.63) is 53.6 Å². The molecule has 0 saturated heterocycles. The molecule has 0 fully saturated rings. The van der Waals surface area contributed by atoms with E-state index in [1.807, 2.05) is 57.2 Å². The average molecular weight is 352 g/mol. The van der Waals surface area contributed by atoms with E-state index in [2.05, 4.69) is 6.07 Å². The number of hydrogen-bond donors (Lipinski definition) is 0. The van der Waals surface area contributed by atoms with Gasteiger partial charge in [-0.1, -0.05) is 36.8 Å². The standard InChI is InChI=1S/C21H24N2O3/c1-15-8-9-20(16(2)12-15)26-11-10-23-19-7-5-4-6-18(19)22(14-24)13-17(3)21(23)25/h4-9,12,14,17H,10-11,13H2,1-3H3. The summed E-state index contributed by atoms with van der Waals surface area (Å²) in [4.78, 5) is 27.7. The normalized spacial score (nSPS) is 16.9. The smallest absolute Gasteiger partial charge is 0.231 e. The van der Waals surface area contributed by atoms with Gasteiger partial charge < -0.3 is 14.5 Å². The van der Waals surface area contributed by atoms with Gasteiger partial charge in [-0.25, -0.2) is 0 Å². The van der Waals surface area contributed by atoms with Crippen molar-refractivity contribution in [3.63, 3.8) is 0 Å². The van der Waals surface area contributed by atoms with Crippen LogP contribution in [0, 0.1) is 19.8 Å². The predicted octanol–water partition coefficient (Wildman–Crippen LogP) is 3.33. The molecule has 136 valence electrons. The van der Waals surface area contributed by atoms with Crippen LogP contribution in [0.15, 0.2) is 42.5 Å². The monoisotopic (exact) mass is 352 g/mol. The number of anilines is 2. The summed E-state index contributed by atoms with van der Waals surface area (Å²) in [5.41, 5.74) is 3.77. The number of aryl methyl sites for hydroxylation is 2. The number of carbonyl (C=O) groups is 2. The molecule has 0 N–H and O–H groups in total. The first kappa shape index (κ1) is 18.0. The maximum Gasteiger partial charge on any atom is 0.231 e. The van der Waals surface area contributed by atoms with E-state index in [9.17, 15) is 9.59 Å². The molecule has 5 nitrogen and oxygen atoms in total. The highest BCUT2D eigenvalue weighted by atomic mass is 16.5. The van der Waals surface area contributed by atoms with Crippen molar-refractivity contribution in [1.29, 1.82) is 0 Å². The number of fused-ring (bicyclic) bond motifs is 1. The van der Waals surface area contributed by atoms with Crippen molar-refractivity contribution in [2.75, 3.05) is 29.5 Å². The first-order valence-corrected chi connectivity index (χ1v) is 8.83. The number of hydrogen-bond acceptors (Lipinski definition) is 3. The number of amides is 2. The minimum absolute atomic E-state index is 0.00558. The maximum atomic E-state index is 12.9. The van der Waals surface area contributed by atoms with Gasteiger partial charge in [0.25, 0.3) is 0 Å². The SMILES string of the molecule is Cc1ccc(OCCN2C(=O)C(C)CN(C=O)c3ccccc32)c(C)c1. The quantitative estimate of drug-likeness (QED) is 0.776. The van der Waals surface area contributed by atoms with Crippen LogP contribution in [0.25, 0.3) is 0 Å². The number of benzene rings is 2. The Kier molecular flexibility index (Phi) is 5.26. The zero-order chi connectivity index (χ0) is 18.7. The Bertz CT molecular complexity index is 819. The highest BCUT2D eigenvalue weighted by Crippen LogP contribution is 2.33. The fraction of sp³-hybridized carbons (Fsp3) is 0.333. The molecule has 0 bridgehead atoms. The van der Waals surface area contributed by atoms with Crippen LogP contribution in [0.1, 0.15) is 18.1 Å². The molecule has 1 unspecified atom stereocenters. The van der Waals surface area contributed by atoms with Gasteiger partial charge >= 0.3 is 0 Å². The Morgan fingerprint density at radius 2 is 1.88 bits per heavy atom. The van der Waals surface area contributed by atoms with Crippen LogP contribution in [0.5, 0.6) is 5.75 Å². The molecule has 2 aromatic carbocycles. The molecule has 2 amide bonds. The molecule has 1 atom stereocenters. The zero-order valence-corrected chi connectivity index (χ0v) is 15.4. The van der Waals surface area contributed by atoms with E-state index >= 15 is 0 Å². The molecule has 1 aliphatic heterocycles. The van der Waals surface area contributed by atoms with Crippen molar-refractivity contribution < 1.29 is 14.3 Å². The van der Waals surface area contributed by atoms with Crippen molar-refractivity contribution in [1.82, 2.24) is 0 Å². The Labute approximate surface area is 154 Å². The molecule has 3 rings (SSSR count). The van der Waals surface area contributed by atoms with Crippen LogP contribution in [0.3, 0.4) is 0 Å². The predicted molar refractivity (Wildman–Crippen MR) is 103 cm³/mol. The van der Waals surface area contributed by atoms with E-state index in [0.717, 1.165) is 29.1 Å². The fourth-order valence-corrected chi connectivity index (χ4v) is 3.33.